The minimum Gasteiger partial charge on any atom is -0.481 e. The second-order valence-corrected chi connectivity index (χ2v) is 7.40. The number of esters is 1. The van der Waals surface area contributed by atoms with Gasteiger partial charge < -0.3 is 9.84 Å². The zero-order chi connectivity index (χ0) is 19.5. The van der Waals surface area contributed by atoms with Crippen LogP contribution in [-0.2, 0) is 14.9 Å². The van der Waals surface area contributed by atoms with Crippen LogP contribution in [0.25, 0.3) is 5.52 Å². The molecule has 2 aliphatic carbocycles. The van der Waals surface area contributed by atoms with Gasteiger partial charge in [0.05, 0.1) is 17.5 Å². The third-order valence-electron chi connectivity index (χ3n) is 5.63. The number of carboxylic acids is 1. The van der Waals surface area contributed by atoms with Crippen LogP contribution in [0, 0.1) is 12.7 Å². The number of carboxylic acid groups (broad SMARTS) is 1. The van der Waals surface area contributed by atoms with Crippen molar-refractivity contribution in [3.63, 3.8) is 0 Å². The van der Waals surface area contributed by atoms with Crippen LogP contribution in [0.5, 0.6) is 0 Å². The van der Waals surface area contributed by atoms with E-state index in [9.17, 15) is 23.9 Å². The van der Waals surface area contributed by atoms with Crippen LogP contribution in [0.15, 0.2) is 17.1 Å². The molecule has 2 aromatic rings. The topological polar surface area (TPSA) is 85.1 Å². The summed E-state index contributed by atoms with van der Waals surface area (Å²) in [7, 11) is 0. The lowest BCUT2D eigenvalue weighted by molar-refractivity contribution is -0.140. The molecule has 142 valence electrons. The Balaban J connectivity index is 2.05. The number of rotatable bonds is 5. The Kier molecular flexibility index (Phi) is 3.87. The van der Waals surface area contributed by atoms with E-state index in [4.69, 9.17) is 4.74 Å². The molecule has 0 aliphatic heterocycles. The lowest BCUT2D eigenvalue weighted by Crippen LogP contribution is -2.28. The number of nitrogens with zero attached hydrogens (tertiary/aromatic N) is 1. The van der Waals surface area contributed by atoms with E-state index >= 15 is 0 Å². The van der Waals surface area contributed by atoms with Crippen molar-refractivity contribution in [3.8, 4) is 0 Å². The normalized spacial score (nSPS) is 17.7. The zero-order valence-electron chi connectivity index (χ0n) is 15.2. The van der Waals surface area contributed by atoms with Crippen LogP contribution >= 0.6 is 0 Å². The summed E-state index contributed by atoms with van der Waals surface area (Å²) in [6.07, 6.45) is 3.59. The third kappa shape index (κ3) is 2.56. The number of fused-ring (bicyclic) bond motifs is 1. The number of aryl methyl sites for hydroxylation is 1. The molecule has 2 saturated carbocycles. The van der Waals surface area contributed by atoms with Crippen LogP contribution in [0.3, 0.4) is 0 Å². The number of hydrogen-bond acceptors (Lipinski definition) is 4. The molecule has 0 radical (unpaired) electrons. The smallest absolute Gasteiger partial charge is 0.343 e. The van der Waals surface area contributed by atoms with Crippen molar-refractivity contribution in [1.29, 1.82) is 0 Å². The summed E-state index contributed by atoms with van der Waals surface area (Å²) in [5.74, 6) is -2.34. The van der Waals surface area contributed by atoms with E-state index in [-0.39, 0.29) is 23.7 Å². The number of carbonyl (C=O) groups is 2. The Bertz CT molecular complexity index is 1050. The summed E-state index contributed by atoms with van der Waals surface area (Å²) < 4.78 is 21.1. The van der Waals surface area contributed by atoms with Crippen LogP contribution in [0.4, 0.5) is 4.39 Å². The molecule has 0 unspecified atom stereocenters. The molecule has 0 bridgehead atoms. The van der Waals surface area contributed by atoms with Crippen molar-refractivity contribution < 1.29 is 23.8 Å². The van der Waals surface area contributed by atoms with Gasteiger partial charge in [0.15, 0.2) is 0 Å². The van der Waals surface area contributed by atoms with Gasteiger partial charge in [-0.15, -0.1) is 0 Å². The summed E-state index contributed by atoms with van der Waals surface area (Å²) in [5, 5.41) is 9.60. The number of aromatic nitrogens is 1. The summed E-state index contributed by atoms with van der Waals surface area (Å²) in [6, 6.07) is 1.54. The fourth-order valence-electron chi connectivity index (χ4n) is 4.00. The Hall–Kier alpha value is -2.70. The molecular weight excluding hydrogens is 353 g/mol. The average Bonchev–Trinajstić information content (AvgIpc) is 3.49. The van der Waals surface area contributed by atoms with Gasteiger partial charge in [0.1, 0.15) is 11.4 Å². The molecule has 7 heteroatoms. The van der Waals surface area contributed by atoms with Crippen LogP contribution < -0.4 is 5.56 Å². The molecule has 0 aromatic carbocycles. The standard InChI is InChI=1S/C20H20FNO5/c1-3-27-18(24)13-8-12(11-4-5-11)16-10(2)15(20(6-7-20)19(25)26)14(21)9-22(16)17(13)23/h8-9,11H,3-7H2,1-2H3,(H,25,26). The first-order valence-corrected chi connectivity index (χ1v) is 9.11. The Morgan fingerprint density at radius 3 is 2.56 bits per heavy atom. The number of aliphatic carboxylic acids is 1. The first-order chi connectivity index (χ1) is 12.8. The summed E-state index contributed by atoms with van der Waals surface area (Å²) in [5.41, 5.74) is -0.0858. The maximum absolute atomic E-state index is 14.9. The Morgan fingerprint density at radius 2 is 2.04 bits per heavy atom. The van der Waals surface area contributed by atoms with Gasteiger partial charge in [-0.1, -0.05) is 0 Å². The molecule has 2 fully saturated rings. The van der Waals surface area contributed by atoms with Crippen molar-refractivity contribution >= 4 is 17.5 Å². The minimum atomic E-state index is -1.22. The lowest BCUT2D eigenvalue weighted by Gasteiger charge is -2.20. The highest BCUT2D eigenvalue weighted by atomic mass is 19.1. The highest BCUT2D eigenvalue weighted by molar-refractivity contribution is 5.91. The predicted molar refractivity (Wildman–Crippen MR) is 94.8 cm³/mol. The van der Waals surface area contributed by atoms with Crippen LogP contribution in [0.2, 0.25) is 0 Å². The summed E-state index contributed by atoms with van der Waals surface area (Å²) >= 11 is 0. The maximum atomic E-state index is 14.9. The van der Waals surface area contributed by atoms with Crippen LogP contribution in [-0.4, -0.2) is 28.1 Å². The highest BCUT2D eigenvalue weighted by Gasteiger charge is 2.54. The number of halogens is 1. The van der Waals surface area contributed by atoms with Crippen molar-refractivity contribution in [3.05, 3.63) is 50.7 Å². The first-order valence-electron chi connectivity index (χ1n) is 9.11. The van der Waals surface area contributed by atoms with E-state index in [1.807, 2.05) is 0 Å². The van der Waals surface area contributed by atoms with E-state index < -0.39 is 28.7 Å². The fourth-order valence-corrected chi connectivity index (χ4v) is 4.00. The molecular formula is C20H20FNO5. The SMILES string of the molecule is CCOC(=O)c1cc(C2CC2)c2c(C)c(C3(C(=O)O)CC3)c(F)cn2c1=O. The highest BCUT2D eigenvalue weighted by Crippen LogP contribution is 2.52. The molecule has 4 rings (SSSR count). The fraction of sp³-hybridized carbons (Fsp3) is 0.450. The summed E-state index contributed by atoms with van der Waals surface area (Å²) in [4.78, 5) is 36.8. The van der Waals surface area contributed by atoms with E-state index in [1.54, 1.807) is 19.9 Å². The van der Waals surface area contributed by atoms with E-state index in [2.05, 4.69) is 0 Å². The van der Waals surface area contributed by atoms with E-state index in [0.29, 0.717) is 23.9 Å². The number of hydrogen-bond donors (Lipinski definition) is 1. The molecule has 2 heterocycles. The van der Waals surface area contributed by atoms with Gasteiger partial charge in [0.25, 0.3) is 5.56 Å². The molecule has 27 heavy (non-hydrogen) atoms. The molecule has 0 saturated heterocycles. The van der Waals surface area contributed by atoms with Crippen molar-refractivity contribution in [1.82, 2.24) is 4.40 Å². The van der Waals surface area contributed by atoms with E-state index in [1.165, 1.54) is 0 Å². The van der Waals surface area contributed by atoms with Gasteiger partial charge >= 0.3 is 11.9 Å². The largest absolute Gasteiger partial charge is 0.481 e. The third-order valence-corrected chi connectivity index (χ3v) is 5.63. The number of carbonyl (C=O) groups excluding carboxylic acids is 1. The van der Waals surface area contributed by atoms with Gasteiger partial charge in [-0.05, 0) is 62.6 Å². The molecule has 2 aromatic heterocycles. The van der Waals surface area contributed by atoms with Crippen molar-refractivity contribution in [2.24, 2.45) is 0 Å². The summed E-state index contributed by atoms with van der Waals surface area (Å²) in [6.45, 7) is 3.44. The van der Waals surface area contributed by atoms with Crippen molar-refractivity contribution in [2.75, 3.05) is 6.61 Å². The molecule has 0 amide bonds. The Morgan fingerprint density at radius 1 is 1.37 bits per heavy atom. The average molecular weight is 373 g/mol. The van der Waals surface area contributed by atoms with Gasteiger partial charge in [-0.25, -0.2) is 9.18 Å². The number of pyridine rings is 2. The second-order valence-electron chi connectivity index (χ2n) is 7.40. The van der Waals surface area contributed by atoms with Gasteiger partial charge in [0.2, 0.25) is 0 Å². The van der Waals surface area contributed by atoms with Crippen molar-refractivity contribution in [2.45, 2.75) is 50.9 Å². The first kappa shape index (κ1) is 17.7. The van der Waals surface area contributed by atoms with Crippen LogP contribution in [0.1, 0.15) is 65.6 Å². The minimum absolute atomic E-state index is 0.123. The van der Waals surface area contributed by atoms with Gasteiger partial charge in [-0.3, -0.25) is 14.0 Å². The molecule has 1 N–H and O–H groups in total. The number of ether oxygens (including phenoxy) is 1. The lowest BCUT2D eigenvalue weighted by atomic mass is 9.90. The molecule has 6 nitrogen and oxygen atoms in total. The molecule has 2 aliphatic rings. The molecule has 0 spiro atoms. The van der Waals surface area contributed by atoms with Gasteiger partial charge in [-0.2, -0.15) is 0 Å². The van der Waals surface area contributed by atoms with E-state index in [0.717, 1.165) is 29.0 Å². The second kappa shape index (κ2) is 5.90. The molecule has 0 atom stereocenters. The van der Waals surface area contributed by atoms with Gasteiger partial charge in [0, 0.05) is 11.8 Å². The monoisotopic (exact) mass is 373 g/mol. The quantitative estimate of drug-likeness (QED) is 0.815. The Labute approximate surface area is 154 Å². The maximum Gasteiger partial charge on any atom is 0.343 e. The predicted octanol–water partition coefficient (Wildman–Crippen LogP) is 2.92. The zero-order valence-corrected chi connectivity index (χ0v) is 15.2.